The Morgan fingerprint density at radius 1 is 1.10 bits per heavy atom. The quantitative estimate of drug-likeness (QED) is 0.839. The zero-order chi connectivity index (χ0) is 14.9. The second kappa shape index (κ2) is 5.53. The summed E-state index contributed by atoms with van der Waals surface area (Å²) in [7, 11) is -3.70. The maximum absolute atomic E-state index is 12.3. The Balaban J connectivity index is 1.89. The fourth-order valence-corrected chi connectivity index (χ4v) is 3.13. The van der Waals surface area contributed by atoms with Gasteiger partial charge in [-0.15, -0.1) is 0 Å². The van der Waals surface area contributed by atoms with Crippen LogP contribution in [0.5, 0.6) is 11.5 Å². The van der Waals surface area contributed by atoms with Gasteiger partial charge in [-0.2, -0.15) is 0 Å². The third-order valence-corrected chi connectivity index (χ3v) is 4.65. The molecule has 0 amide bonds. The largest absolute Gasteiger partial charge is 0.486 e. The highest BCUT2D eigenvalue weighted by Crippen LogP contribution is 2.32. The lowest BCUT2D eigenvalue weighted by atomic mass is 10.3. The van der Waals surface area contributed by atoms with Crippen LogP contribution in [0.1, 0.15) is 0 Å². The van der Waals surface area contributed by atoms with Crippen LogP contribution in [0.15, 0.2) is 46.0 Å². The van der Waals surface area contributed by atoms with Crippen molar-refractivity contribution in [3.05, 3.63) is 41.1 Å². The van der Waals surface area contributed by atoms with Crippen molar-refractivity contribution in [1.82, 2.24) is 4.98 Å². The number of benzene rings is 1. The molecule has 0 bridgehead atoms. The SMILES string of the molecule is O=S(=O)(Nc1ccc(Br)nc1)c1ccc2c(c1)OCCO2. The Morgan fingerprint density at radius 2 is 1.86 bits per heavy atom. The fraction of sp³-hybridized carbons (Fsp3) is 0.154. The van der Waals surface area contributed by atoms with Gasteiger partial charge in [0.1, 0.15) is 17.8 Å². The summed E-state index contributed by atoms with van der Waals surface area (Å²) in [5.41, 5.74) is 0.382. The number of ether oxygens (including phenoxy) is 2. The number of halogens is 1. The number of anilines is 1. The molecule has 1 aromatic heterocycles. The van der Waals surface area contributed by atoms with Gasteiger partial charge in [0.25, 0.3) is 10.0 Å². The minimum atomic E-state index is -3.70. The first-order chi connectivity index (χ1) is 10.0. The van der Waals surface area contributed by atoms with E-state index in [-0.39, 0.29) is 4.90 Å². The van der Waals surface area contributed by atoms with Gasteiger partial charge >= 0.3 is 0 Å². The molecule has 0 fully saturated rings. The molecule has 21 heavy (non-hydrogen) atoms. The summed E-state index contributed by atoms with van der Waals surface area (Å²) in [6.45, 7) is 0.864. The summed E-state index contributed by atoms with van der Waals surface area (Å²) in [5, 5.41) is 0. The van der Waals surface area contributed by atoms with Crippen LogP contribution >= 0.6 is 15.9 Å². The molecule has 1 aliphatic rings. The Morgan fingerprint density at radius 3 is 2.57 bits per heavy atom. The van der Waals surface area contributed by atoms with Gasteiger partial charge in [0.2, 0.25) is 0 Å². The third-order valence-electron chi connectivity index (χ3n) is 2.80. The first-order valence-corrected chi connectivity index (χ1v) is 8.36. The lowest BCUT2D eigenvalue weighted by Crippen LogP contribution is -2.17. The van der Waals surface area contributed by atoms with Crippen molar-refractivity contribution in [2.75, 3.05) is 17.9 Å². The molecule has 1 aromatic carbocycles. The van der Waals surface area contributed by atoms with Crippen LogP contribution in [0.3, 0.4) is 0 Å². The minimum Gasteiger partial charge on any atom is -0.486 e. The van der Waals surface area contributed by atoms with Crippen molar-refractivity contribution in [3.8, 4) is 11.5 Å². The fourth-order valence-electron chi connectivity index (χ4n) is 1.84. The number of hydrogen-bond donors (Lipinski definition) is 1. The van der Waals surface area contributed by atoms with Crippen LogP contribution in [0, 0.1) is 0 Å². The van der Waals surface area contributed by atoms with E-state index in [1.54, 1.807) is 18.2 Å². The zero-order valence-corrected chi connectivity index (χ0v) is 13.1. The normalized spacial score (nSPS) is 13.8. The van der Waals surface area contributed by atoms with Crippen LogP contribution in [0.25, 0.3) is 0 Å². The zero-order valence-electron chi connectivity index (χ0n) is 10.7. The van der Waals surface area contributed by atoms with E-state index in [9.17, 15) is 8.42 Å². The Bertz CT molecular complexity index is 762. The van der Waals surface area contributed by atoms with E-state index >= 15 is 0 Å². The van der Waals surface area contributed by atoms with Crippen LogP contribution in [-0.2, 0) is 10.0 Å². The van der Waals surface area contributed by atoms with Crippen LogP contribution < -0.4 is 14.2 Å². The molecule has 0 saturated carbocycles. The topological polar surface area (TPSA) is 77.5 Å². The molecular weight excluding hydrogens is 360 g/mol. The highest BCUT2D eigenvalue weighted by atomic mass is 79.9. The highest BCUT2D eigenvalue weighted by Gasteiger charge is 2.19. The number of nitrogens with zero attached hydrogens (tertiary/aromatic N) is 1. The molecule has 0 atom stereocenters. The van der Waals surface area contributed by atoms with Gasteiger partial charge in [0.05, 0.1) is 16.8 Å². The Hall–Kier alpha value is -1.80. The van der Waals surface area contributed by atoms with Gasteiger partial charge in [-0.05, 0) is 40.2 Å². The number of nitrogens with one attached hydrogen (secondary N) is 1. The van der Waals surface area contributed by atoms with Gasteiger partial charge in [-0.3, -0.25) is 4.72 Å². The predicted octanol–water partition coefficient (Wildman–Crippen LogP) is 2.42. The number of hydrogen-bond acceptors (Lipinski definition) is 5. The molecule has 0 saturated heterocycles. The molecule has 1 N–H and O–H groups in total. The molecule has 6 nitrogen and oxygen atoms in total. The maximum atomic E-state index is 12.3. The number of aromatic nitrogens is 1. The first kappa shape index (κ1) is 14.2. The maximum Gasteiger partial charge on any atom is 0.262 e. The smallest absolute Gasteiger partial charge is 0.262 e. The van der Waals surface area contributed by atoms with Gasteiger partial charge in [0, 0.05) is 6.07 Å². The van der Waals surface area contributed by atoms with Crippen LogP contribution in [0.4, 0.5) is 5.69 Å². The first-order valence-electron chi connectivity index (χ1n) is 6.09. The van der Waals surface area contributed by atoms with E-state index in [2.05, 4.69) is 25.6 Å². The molecular formula is C13H11BrN2O4S. The van der Waals surface area contributed by atoms with E-state index in [0.717, 1.165) is 0 Å². The van der Waals surface area contributed by atoms with E-state index < -0.39 is 10.0 Å². The van der Waals surface area contributed by atoms with E-state index in [0.29, 0.717) is 35.0 Å². The second-order valence-corrected chi connectivity index (χ2v) is 6.78. The molecule has 8 heteroatoms. The summed E-state index contributed by atoms with van der Waals surface area (Å²) < 4.78 is 38.5. The number of fused-ring (bicyclic) bond motifs is 1. The Labute approximate surface area is 130 Å². The predicted molar refractivity (Wildman–Crippen MR) is 80.2 cm³/mol. The van der Waals surface area contributed by atoms with Crippen molar-refractivity contribution >= 4 is 31.6 Å². The van der Waals surface area contributed by atoms with Crippen molar-refractivity contribution in [1.29, 1.82) is 0 Å². The number of rotatable bonds is 3. The summed E-state index contributed by atoms with van der Waals surface area (Å²) >= 11 is 3.19. The molecule has 110 valence electrons. The molecule has 1 aliphatic heterocycles. The molecule has 0 spiro atoms. The average molecular weight is 371 g/mol. The molecule has 0 radical (unpaired) electrons. The van der Waals surface area contributed by atoms with Gasteiger partial charge in [-0.25, -0.2) is 13.4 Å². The van der Waals surface area contributed by atoms with E-state index in [1.165, 1.54) is 18.3 Å². The number of pyridine rings is 1. The summed E-state index contributed by atoms with van der Waals surface area (Å²) in [4.78, 5) is 4.08. The summed E-state index contributed by atoms with van der Waals surface area (Å²) in [6.07, 6.45) is 1.43. The van der Waals surface area contributed by atoms with Crippen molar-refractivity contribution < 1.29 is 17.9 Å². The average Bonchev–Trinajstić information content (AvgIpc) is 2.49. The van der Waals surface area contributed by atoms with E-state index in [1.807, 2.05) is 0 Å². The molecule has 2 aromatic rings. The number of sulfonamides is 1. The van der Waals surface area contributed by atoms with Crippen LogP contribution in [-0.4, -0.2) is 26.6 Å². The van der Waals surface area contributed by atoms with Crippen LogP contribution in [0.2, 0.25) is 0 Å². The second-order valence-electron chi connectivity index (χ2n) is 4.28. The van der Waals surface area contributed by atoms with Gasteiger partial charge in [-0.1, -0.05) is 0 Å². The molecule has 0 aliphatic carbocycles. The summed E-state index contributed by atoms with van der Waals surface area (Å²) in [6, 6.07) is 7.78. The molecule has 0 unspecified atom stereocenters. The standard InChI is InChI=1S/C13H11BrN2O4S/c14-13-4-1-9(8-15-13)16-21(17,18)10-2-3-11-12(7-10)20-6-5-19-11/h1-4,7-8,16H,5-6H2. The molecule has 2 heterocycles. The lowest BCUT2D eigenvalue weighted by molar-refractivity contribution is 0.171. The third kappa shape index (κ3) is 3.11. The van der Waals surface area contributed by atoms with Crippen molar-refractivity contribution in [2.24, 2.45) is 0 Å². The lowest BCUT2D eigenvalue weighted by Gasteiger charge is -2.19. The van der Waals surface area contributed by atoms with E-state index in [4.69, 9.17) is 9.47 Å². The monoisotopic (exact) mass is 370 g/mol. The van der Waals surface area contributed by atoms with Crippen molar-refractivity contribution in [2.45, 2.75) is 4.90 Å². The Kier molecular flexibility index (Phi) is 3.73. The molecule has 3 rings (SSSR count). The summed E-state index contributed by atoms with van der Waals surface area (Å²) in [5.74, 6) is 0.976. The highest BCUT2D eigenvalue weighted by molar-refractivity contribution is 9.10. The minimum absolute atomic E-state index is 0.106. The van der Waals surface area contributed by atoms with Crippen molar-refractivity contribution in [3.63, 3.8) is 0 Å². The van der Waals surface area contributed by atoms with Gasteiger partial charge < -0.3 is 9.47 Å². The van der Waals surface area contributed by atoms with Gasteiger partial charge in [0.15, 0.2) is 11.5 Å².